The first-order valence-electron chi connectivity index (χ1n) is 7.39. The number of aromatic carboxylic acids is 1. The van der Waals surface area contributed by atoms with E-state index < -0.39 is 5.97 Å². The van der Waals surface area contributed by atoms with Crippen LogP contribution in [-0.4, -0.2) is 36.5 Å². The van der Waals surface area contributed by atoms with E-state index in [-0.39, 0.29) is 36.8 Å². The second kappa shape index (κ2) is 9.58. The van der Waals surface area contributed by atoms with Crippen molar-refractivity contribution in [2.24, 2.45) is 0 Å². The van der Waals surface area contributed by atoms with Gasteiger partial charge in [0.1, 0.15) is 0 Å². The van der Waals surface area contributed by atoms with E-state index >= 15 is 0 Å². The fourth-order valence-corrected chi connectivity index (χ4v) is 1.94. The van der Waals surface area contributed by atoms with Crippen LogP contribution >= 0.6 is 0 Å². The van der Waals surface area contributed by atoms with Crippen molar-refractivity contribution in [3.05, 3.63) is 29.3 Å². The molecule has 0 aliphatic carbocycles. The number of carbonyl (C=O) groups excluding carboxylic acids is 2. The molecule has 0 unspecified atom stereocenters. The minimum absolute atomic E-state index is 0.0342. The first-order valence-corrected chi connectivity index (χ1v) is 7.39. The molecule has 0 saturated heterocycles. The quantitative estimate of drug-likeness (QED) is 0.643. The van der Waals surface area contributed by atoms with Crippen molar-refractivity contribution in [1.29, 1.82) is 0 Å². The van der Waals surface area contributed by atoms with Gasteiger partial charge in [0.2, 0.25) is 11.8 Å². The van der Waals surface area contributed by atoms with Crippen LogP contribution in [-0.2, 0) is 20.9 Å². The Bertz CT molecular complexity index is 572. The summed E-state index contributed by atoms with van der Waals surface area (Å²) in [4.78, 5) is 34.4. The van der Waals surface area contributed by atoms with Gasteiger partial charge in [0.05, 0.1) is 12.2 Å². The van der Waals surface area contributed by atoms with Crippen LogP contribution in [0.3, 0.4) is 0 Å². The molecule has 0 aliphatic heterocycles. The molecule has 7 nitrogen and oxygen atoms in total. The predicted octanol–water partition coefficient (Wildman–Crippen LogP) is 1.78. The van der Waals surface area contributed by atoms with Crippen molar-refractivity contribution in [2.45, 2.75) is 32.8 Å². The fourth-order valence-electron chi connectivity index (χ4n) is 1.94. The van der Waals surface area contributed by atoms with Crippen LogP contribution in [0.25, 0.3) is 0 Å². The van der Waals surface area contributed by atoms with Gasteiger partial charge in [-0.3, -0.25) is 9.59 Å². The topological polar surface area (TPSA) is 105 Å². The number of carboxylic acids is 1. The van der Waals surface area contributed by atoms with Crippen LogP contribution in [0.5, 0.6) is 0 Å². The standard InChI is InChI=1S/C16H22N2O5/c1-3-6-17-14(19)4-5-15(20)18-13-8-11(10-23-2)7-12(9-13)16(21)22/h7-9H,3-6,10H2,1-2H3,(H,17,19)(H,18,20)(H,21,22). The molecule has 23 heavy (non-hydrogen) atoms. The summed E-state index contributed by atoms with van der Waals surface area (Å²) in [6.45, 7) is 2.77. The van der Waals surface area contributed by atoms with Crippen molar-refractivity contribution < 1.29 is 24.2 Å². The molecular weight excluding hydrogens is 300 g/mol. The molecule has 1 aromatic rings. The van der Waals surface area contributed by atoms with E-state index in [0.29, 0.717) is 17.8 Å². The van der Waals surface area contributed by atoms with Crippen LogP contribution in [0.2, 0.25) is 0 Å². The van der Waals surface area contributed by atoms with Crippen molar-refractivity contribution >= 4 is 23.5 Å². The van der Waals surface area contributed by atoms with Crippen LogP contribution in [0.15, 0.2) is 18.2 Å². The van der Waals surface area contributed by atoms with Crippen LogP contribution < -0.4 is 10.6 Å². The summed E-state index contributed by atoms with van der Waals surface area (Å²) >= 11 is 0. The number of hydrogen-bond donors (Lipinski definition) is 3. The van der Waals surface area contributed by atoms with Gasteiger partial charge >= 0.3 is 5.97 Å². The van der Waals surface area contributed by atoms with E-state index in [0.717, 1.165) is 6.42 Å². The number of rotatable bonds is 9. The third-order valence-electron chi connectivity index (χ3n) is 2.99. The smallest absolute Gasteiger partial charge is 0.335 e. The van der Waals surface area contributed by atoms with Gasteiger partial charge in [0, 0.05) is 32.2 Å². The van der Waals surface area contributed by atoms with Crippen LogP contribution in [0.4, 0.5) is 5.69 Å². The maximum Gasteiger partial charge on any atom is 0.335 e. The molecule has 0 saturated carbocycles. The van der Waals surface area contributed by atoms with Gasteiger partial charge in [0.25, 0.3) is 0 Å². The Morgan fingerprint density at radius 2 is 1.83 bits per heavy atom. The number of amides is 2. The zero-order valence-corrected chi connectivity index (χ0v) is 13.3. The minimum Gasteiger partial charge on any atom is -0.478 e. The molecule has 0 spiro atoms. The van der Waals surface area contributed by atoms with Crippen molar-refractivity contribution in [3.63, 3.8) is 0 Å². The molecule has 0 bridgehead atoms. The molecule has 1 aromatic carbocycles. The van der Waals surface area contributed by atoms with E-state index in [9.17, 15) is 14.4 Å². The summed E-state index contributed by atoms with van der Waals surface area (Å²) in [5, 5.41) is 14.4. The molecular formula is C16H22N2O5. The van der Waals surface area contributed by atoms with Gasteiger partial charge in [-0.1, -0.05) is 6.92 Å². The number of carboxylic acid groups (broad SMARTS) is 1. The summed E-state index contributed by atoms with van der Waals surface area (Å²) < 4.78 is 4.98. The third-order valence-corrected chi connectivity index (χ3v) is 2.99. The molecule has 3 N–H and O–H groups in total. The molecule has 0 atom stereocenters. The lowest BCUT2D eigenvalue weighted by atomic mass is 10.1. The van der Waals surface area contributed by atoms with Crippen LogP contribution in [0, 0.1) is 0 Å². The lowest BCUT2D eigenvalue weighted by Gasteiger charge is -2.09. The van der Waals surface area contributed by atoms with Crippen LogP contribution in [0.1, 0.15) is 42.1 Å². The monoisotopic (exact) mass is 322 g/mol. The Morgan fingerprint density at radius 1 is 1.13 bits per heavy atom. The summed E-state index contributed by atoms with van der Waals surface area (Å²) in [5.74, 6) is -1.61. The van der Waals surface area contributed by atoms with Gasteiger partial charge in [-0.25, -0.2) is 4.79 Å². The van der Waals surface area contributed by atoms with E-state index in [1.807, 2.05) is 6.92 Å². The van der Waals surface area contributed by atoms with Gasteiger partial charge in [-0.2, -0.15) is 0 Å². The molecule has 2 amide bonds. The highest BCUT2D eigenvalue weighted by Gasteiger charge is 2.11. The third kappa shape index (κ3) is 6.92. The first-order chi connectivity index (χ1) is 11.0. The van der Waals surface area contributed by atoms with Gasteiger partial charge in [-0.05, 0) is 30.2 Å². The van der Waals surface area contributed by atoms with Crippen molar-refractivity contribution in [1.82, 2.24) is 5.32 Å². The predicted molar refractivity (Wildman–Crippen MR) is 85.3 cm³/mol. The molecule has 7 heteroatoms. The van der Waals surface area contributed by atoms with Crippen molar-refractivity contribution in [3.8, 4) is 0 Å². The molecule has 126 valence electrons. The SMILES string of the molecule is CCCNC(=O)CCC(=O)Nc1cc(COC)cc(C(=O)O)c1. The number of methoxy groups -OCH3 is 1. The number of hydrogen-bond acceptors (Lipinski definition) is 4. The average Bonchev–Trinajstić information content (AvgIpc) is 2.51. The Balaban J connectivity index is 2.66. The highest BCUT2D eigenvalue weighted by Crippen LogP contribution is 2.16. The molecule has 1 rings (SSSR count). The second-order valence-corrected chi connectivity index (χ2v) is 5.05. The number of ether oxygens (including phenoxy) is 1. The summed E-state index contributed by atoms with van der Waals surface area (Å²) in [7, 11) is 1.50. The summed E-state index contributed by atoms with van der Waals surface area (Å²) in [6.07, 6.45) is 0.962. The van der Waals surface area contributed by atoms with Crippen molar-refractivity contribution in [2.75, 3.05) is 19.0 Å². The summed E-state index contributed by atoms with van der Waals surface area (Å²) in [6, 6.07) is 4.50. The molecule has 0 fully saturated rings. The zero-order valence-electron chi connectivity index (χ0n) is 13.3. The van der Waals surface area contributed by atoms with Gasteiger partial charge < -0.3 is 20.5 Å². The largest absolute Gasteiger partial charge is 0.478 e. The van der Waals surface area contributed by atoms with Gasteiger partial charge in [0.15, 0.2) is 0 Å². The van der Waals surface area contributed by atoms with E-state index in [2.05, 4.69) is 10.6 Å². The van der Waals surface area contributed by atoms with E-state index in [1.165, 1.54) is 19.2 Å². The Hall–Kier alpha value is -2.41. The zero-order chi connectivity index (χ0) is 17.2. The molecule has 0 heterocycles. The lowest BCUT2D eigenvalue weighted by Crippen LogP contribution is -2.25. The first kappa shape index (κ1) is 18.6. The van der Waals surface area contributed by atoms with Gasteiger partial charge in [-0.15, -0.1) is 0 Å². The Morgan fingerprint density at radius 3 is 2.43 bits per heavy atom. The Kier molecular flexibility index (Phi) is 7.76. The summed E-state index contributed by atoms with van der Waals surface area (Å²) in [5.41, 5.74) is 1.08. The number of carbonyl (C=O) groups is 3. The maximum absolute atomic E-state index is 11.9. The molecule has 0 radical (unpaired) electrons. The number of anilines is 1. The molecule has 0 aromatic heterocycles. The Labute approximate surface area is 135 Å². The minimum atomic E-state index is -1.09. The second-order valence-electron chi connectivity index (χ2n) is 5.05. The lowest BCUT2D eigenvalue weighted by molar-refractivity contribution is -0.124. The normalized spacial score (nSPS) is 10.2. The highest BCUT2D eigenvalue weighted by molar-refractivity contribution is 5.95. The number of nitrogens with one attached hydrogen (secondary N) is 2. The van der Waals surface area contributed by atoms with E-state index in [1.54, 1.807) is 6.07 Å². The highest BCUT2D eigenvalue weighted by atomic mass is 16.5. The number of benzene rings is 1. The van der Waals surface area contributed by atoms with E-state index in [4.69, 9.17) is 9.84 Å². The molecule has 0 aliphatic rings. The maximum atomic E-state index is 11.9. The fraction of sp³-hybridized carbons (Fsp3) is 0.438. The average molecular weight is 322 g/mol.